The number of benzene rings is 1. The molecule has 0 aliphatic carbocycles. The van der Waals surface area contributed by atoms with Crippen LogP contribution in [0.2, 0.25) is 0 Å². The first-order valence-electron chi connectivity index (χ1n) is 8.68. The van der Waals surface area contributed by atoms with Gasteiger partial charge in [-0.05, 0) is 44.0 Å². The zero-order valence-electron chi connectivity index (χ0n) is 14.7. The topological polar surface area (TPSA) is 30.9 Å². The third kappa shape index (κ3) is 4.72. The summed E-state index contributed by atoms with van der Waals surface area (Å²) in [6.45, 7) is 4.18. The second-order valence-electron chi connectivity index (χ2n) is 6.50. The molecule has 0 radical (unpaired) electrons. The fourth-order valence-corrected chi connectivity index (χ4v) is 3.55. The van der Waals surface area contributed by atoms with Gasteiger partial charge in [-0.1, -0.05) is 36.4 Å². The van der Waals surface area contributed by atoms with Crippen LogP contribution in [0.1, 0.15) is 24.8 Å². The van der Waals surface area contributed by atoms with Crippen molar-refractivity contribution in [3.8, 4) is 0 Å². The molecular formula is C19H29IN4. The van der Waals surface area contributed by atoms with Crippen molar-refractivity contribution < 1.29 is 0 Å². The molecule has 2 aliphatic rings. The van der Waals surface area contributed by atoms with Crippen LogP contribution in [0, 0.1) is 0 Å². The van der Waals surface area contributed by atoms with Gasteiger partial charge in [0.1, 0.15) is 0 Å². The van der Waals surface area contributed by atoms with Crippen molar-refractivity contribution in [2.45, 2.75) is 25.3 Å². The second kappa shape index (κ2) is 9.42. The van der Waals surface area contributed by atoms with Crippen LogP contribution < -0.4 is 5.32 Å². The van der Waals surface area contributed by atoms with Crippen molar-refractivity contribution >= 4 is 35.5 Å². The SMILES string of the molecule is CN=C(NCC1CCCN1C)N1CC=C(c2ccccc2)CC1.I. The normalized spacial score (nSPS) is 22.1. The largest absolute Gasteiger partial charge is 0.355 e. The minimum atomic E-state index is 0. The molecule has 1 saturated heterocycles. The Hall–Kier alpha value is -1.08. The van der Waals surface area contributed by atoms with E-state index in [1.165, 1.54) is 30.5 Å². The maximum absolute atomic E-state index is 4.48. The molecule has 4 nitrogen and oxygen atoms in total. The van der Waals surface area contributed by atoms with Gasteiger partial charge in [-0.2, -0.15) is 0 Å². The highest BCUT2D eigenvalue weighted by atomic mass is 127. The van der Waals surface area contributed by atoms with Crippen molar-refractivity contribution in [2.24, 2.45) is 4.99 Å². The number of rotatable bonds is 3. The van der Waals surface area contributed by atoms with Gasteiger partial charge in [0.05, 0.1) is 0 Å². The first-order chi connectivity index (χ1) is 11.3. The second-order valence-corrected chi connectivity index (χ2v) is 6.50. The Balaban J connectivity index is 0.00000208. The van der Waals surface area contributed by atoms with E-state index in [4.69, 9.17) is 0 Å². The molecule has 0 aromatic heterocycles. The molecule has 24 heavy (non-hydrogen) atoms. The Bertz CT molecular complexity index is 570. The zero-order chi connectivity index (χ0) is 16.1. The van der Waals surface area contributed by atoms with Crippen molar-refractivity contribution in [3.63, 3.8) is 0 Å². The summed E-state index contributed by atoms with van der Waals surface area (Å²) in [7, 11) is 4.11. The number of guanidine groups is 1. The summed E-state index contributed by atoms with van der Waals surface area (Å²) in [5, 5.41) is 3.57. The third-order valence-electron chi connectivity index (χ3n) is 5.03. The highest BCUT2D eigenvalue weighted by molar-refractivity contribution is 14.0. The Morgan fingerprint density at radius 1 is 1.25 bits per heavy atom. The molecular weight excluding hydrogens is 411 g/mol. The molecule has 1 atom stereocenters. The molecule has 0 amide bonds. The molecule has 2 heterocycles. The summed E-state index contributed by atoms with van der Waals surface area (Å²) in [6, 6.07) is 11.3. The van der Waals surface area contributed by atoms with Gasteiger partial charge in [-0.25, -0.2) is 0 Å². The number of likely N-dealkylation sites (tertiary alicyclic amines) is 1. The van der Waals surface area contributed by atoms with E-state index in [1.807, 2.05) is 7.05 Å². The van der Waals surface area contributed by atoms with E-state index >= 15 is 0 Å². The standard InChI is InChI=1S/C19H28N4.HI/c1-20-19(21-15-18-9-6-12-22(18)2)23-13-10-17(11-14-23)16-7-4-3-5-8-16;/h3-5,7-8,10,18H,6,9,11-15H2,1-2H3,(H,20,21);1H. The average molecular weight is 440 g/mol. The van der Waals surface area contributed by atoms with Crippen LogP contribution in [0.5, 0.6) is 0 Å². The summed E-state index contributed by atoms with van der Waals surface area (Å²) in [6.07, 6.45) is 6.02. The summed E-state index contributed by atoms with van der Waals surface area (Å²) in [4.78, 5) is 9.28. The molecule has 3 rings (SSSR count). The molecule has 1 unspecified atom stereocenters. The van der Waals surface area contributed by atoms with E-state index in [1.54, 1.807) is 0 Å². The monoisotopic (exact) mass is 440 g/mol. The van der Waals surface area contributed by atoms with Crippen molar-refractivity contribution in [3.05, 3.63) is 42.0 Å². The lowest BCUT2D eigenvalue weighted by molar-refractivity contribution is 0.306. The minimum absolute atomic E-state index is 0. The number of halogens is 1. The van der Waals surface area contributed by atoms with Gasteiger partial charge in [0.25, 0.3) is 0 Å². The molecule has 1 fully saturated rings. The molecule has 132 valence electrons. The summed E-state index contributed by atoms with van der Waals surface area (Å²) >= 11 is 0. The summed E-state index contributed by atoms with van der Waals surface area (Å²) in [5.74, 6) is 1.04. The first kappa shape index (κ1) is 19.2. The van der Waals surface area contributed by atoms with Crippen molar-refractivity contribution in [2.75, 3.05) is 40.3 Å². The number of hydrogen-bond donors (Lipinski definition) is 1. The Kier molecular flexibility index (Phi) is 7.55. The maximum atomic E-state index is 4.48. The van der Waals surface area contributed by atoms with Crippen molar-refractivity contribution in [1.29, 1.82) is 0 Å². The van der Waals surface area contributed by atoms with Crippen LogP contribution in [-0.4, -0.2) is 62.1 Å². The number of hydrogen-bond acceptors (Lipinski definition) is 2. The molecule has 0 bridgehead atoms. The van der Waals surface area contributed by atoms with E-state index in [2.05, 4.69) is 63.6 Å². The van der Waals surface area contributed by atoms with Gasteiger partial charge in [-0.15, -0.1) is 24.0 Å². The number of nitrogens with zero attached hydrogens (tertiary/aromatic N) is 3. The molecule has 0 saturated carbocycles. The quantitative estimate of drug-likeness (QED) is 0.446. The molecule has 1 aromatic carbocycles. The van der Waals surface area contributed by atoms with E-state index in [0.29, 0.717) is 6.04 Å². The van der Waals surface area contributed by atoms with Crippen LogP contribution in [0.4, 0.5) is 0 Å². The maximum Gasteiger partial charge on any atom is 0.193 e. The smallest absolute Gasteiger partial charge is 0.193 e. The Labute approximate surface area is 163 Å². The first-order valence-corrected chi connectivity index (χ1v) is 8.68. The van der Waals surface area contributed by atoms with E-state index in [0.717, 1.165) is 32.0 Å². The van der Waals surface area contributed by atoms with Crippen LogP contribution >= 0.6 is 24.0 Å². The molecule has 0 spiro atoms. The fourth-order valence-electron chi connectivity index (χ4n) is 3.55. The predicted octanol–water partition coefficient (Wildman–Crippen LogP) is 3.06. The van der Waals surface area contributed by atoms with E-state index in [9.17, 15) is 0 Å². The molecule has 1 aromatic rings. The zero-order valence-corrected chi connectivity index (χ0v) is 17.1. The Morgan fingerprint density at radius 2 is 2.04 bits per heavy atom. The van der Waals surface area contributed by atoms with Gasteiger partial charge >= 0.3 is 0 Å². The number of likely N-dealkylation sites (N-methyl/N-ethyl adjacent to an activating group) is 1. The lowest BCUT2D eigenvalue weighted by Crippen LogP contribution is -2.47. The van der Waals surface area contributed by atoms with Gasteiger partial charge < -0.3 is 15.1 Å². The van der Waals surface area contributed by atoms with Gasteiger partial charge in [0, 0.05) is 32.7 Å². The van der Waals surface area contributed by atoms with Crippen LogP contribution in [-0.2, 0) is 0 Å². The molecule has 1 N–H and O–H groups in total. The van der Waals surface area contributed by atoms with Crippen molar-refractivity contribution in [1.82, 2.24) is 15.1 Å². The lowest BCUT2D eigenvalue weighted by atomic mass is 10.00. The van der Waals surface area contributed by atoms with Gasteiger partial charge in [-0.3, -0.25) is 4.99 Å². The van der Waals surface area contributed by atoms with Gasteiger partial charge in [0.2, 0.25) is 0 Å². The number of nitrogens with one attached hydrogen (secondary N) is 1. The van der Waals surface area contributed by atoms with E-state index in [-0.39, 0.29) is 24.0 Å². The van der Waals surface area contributed by atoms with Gasteiger partial charge in [0.15, 0.2) is 5.96 Å². The lowest BCUT2D eigenvalue weighted by Gasteiger charge is -2.31. The van der Waals surface area contributed by atoms with Crippen LogP contribution in [0.25, 0.3) is 5.57 Å². The third-order valence-corrected chi connectivity index (χ3v) is 5.03. The highest BCUT2D eigenvalue weighted by Crippen LogP contribution is 2.22. The minimum Gasteiger partial charge on any atom is -0.355 e. The highest BCUT2D eigenvalue weighted by Gasteiger charge is 2.22. The Morgan fingerprint density at radius 3 is 2.62 bits per heavy atom. The average Bonchev–Trinajstić information content (AvgIpc) is 3.02. The fraction of sp³-hybridized carbons (Fsp3) is 0.526. The van der Waals surface area contributed by atoms with Crippen LogP contribution in [0.3, 0.4) is 0 Å². The predicted molar refractivity (Wildman–Crippen MR) is 113 cm³/mol. The summed E-state index contributed by atoms with van der Waals surface area (Å²) in [5.41, 5.74) is 2.80. The molecule has 5 heteroatoms. The molecule has 2 aliphatic heterocycles. The van der Waals surface area contributed by atoms with Crippen LogP contribution in [0.15, 0.2) is 41.4 Å². The number of aliphatic imine (C=N–C) groups is 1. The summed E-state index contributed by atoms with van der Waals surface area (Å²) < 4.78 is 0. The van der Waals surface area contributed by atoms with E-state index < -0.39 is 0 Å².